The van der Waals surface area contributed by atoms with Crippen LogP contribution in [0.4, 0.5) is 14.5 Å². The molecule has 1 fully saturated rings. The first-order chi connectivity index (χ1) is 8.98. The van der Waals surface area contributed by atoms with Crippen LogP contribution >= 0.6 is 0 Å². The van der Waals surface area contributed by atoms with E-state index in [1.165, 1.54) is 7.11 Å². The van der Waals surface area contributed by atoms with Gasteiger partial charge in [0.05, 0.1) is 18.2 Å². The zero-order valence-corrected chi connectivity index (χ0v) is 10.6. The molecule has 5 heteroatoms. The summed E-state index contributed by atoms with van der Waals surface area (Å²) in [6.07, 6.45) is -0.105. The highest BCUT2D eigenvalue weighted by Gasteiger charge is 2.53. The van der Waals surface area contributed by atoms with Crippen molar-refractivity contribution >= 4 is 11.6 Å². The summed E-state index contributed by atoms with van der Waals surface area (Å²) in [6, 6.07) is 5.39. The molecule has 0 radical (unpaired) electrons. The van der Waals surface area contributed by atoms with Gasteiger partial charge >= 0.3 is 0 Å². The highest BCUT2D eigenvalue weighted by Crippen LogP contribution is 2.52. The molecule has 3 nitrogen and oxygen atoms in total. The van der Waals surface area contributed by atoms with Crippen molar-refractivity contribution in [3.05, 3.63) is 23.8 Å². The van der Waals surface area contributed by atoms with Crippen molar-refractivity contribution in [2.24, 2.45) is 0 Å². The molecule has 0 unspecified atom stereocenters. The van der Waals surface area contributed by atoms with Crippen LogP contribution in [0, 0.1) is 0 Å². The second-order valence-electron chi connectivity index (χ2n) is 5.28. The lowest BCUT2D eigenvalue weighted by molar-refractivity contribution is -0.125. The number of fused-ring (bicyclic) bond motifs is 2. The number of nitrogens with one attached hydrogen (secondary N) is 1. The number of carbonyl (C=O) groups is 1. The molecule has 1 N–H and O–H groups in total. The number of amides is 1. The molecule has 0 aromatic heterocycles. The Morgan fingerprint density at radius 2 is 1.89 bits per heavy atom. The Morgan fingerprint density at radius 3 is 2.53 bits per heavy atom. The van der Waals surface area contributed by atoms with Crippen LogP contribution in [0.3, 0.4) is 0 Å². The van der Waals surface area contributed by atoms with Crippen LogP contribution in [0.5, 0.6) is 5.75 Å². The number of para-hydroxylation sites is 1. The average Bonchev–Trinajstić information content (AvgIpc) is 2.66. The molecule has 19 heavy (non-hydrogen) atoms. The average molecular weight is 267 g/mol. The summed E-state index contributed by atoms with van der Waals surface area (Å²) in [7, 11) is 1.53. The minimum Gasteiger partial charge on any atom is -0.495 e. The van der Waals surface area contributed by atoms with Crippen LogP contribution in [0.2, 0.25) is 0 Å². The molecule has 2 aliphatic rings. The second-order valence-corrected chi connectivity index (χ2v) is 5.28. The summed E-state index contributed by atoms with van der Waals surface area (Å²) in [5.41, 5.74) is 0.638. The van der Waals surface area contributed by atoms with Gasteiger partial charge in [0.25, 0.3) is 0 Å². The number of anilines is 1. The molecule has 102 valence electrons. The maximum absolute atomic E-state index is 13.3. The van der Waals surface area contributed by atoms with Gasteiger partial charge in [0, 0.05) is 12.8 Å². The first kappa shape index (κ1) is 12.4. The van der Waals surface area contributed by atoms with Crippen molar-refractivity contribution in [3.8, 4) is 5.75 Å². The lowest BCUT2D eigenvalue weighted by Crippen LogP contribution is -2.41. The van der Waals surface area contributed by atoms with E-state index in [-0.39, 0.29) is 31.6 Å². The monoisotopic (exact) mass is 267 g/mol. The molecule has 0 bridgehead atoms. The summed E-state index contributed by atoms with van der Waals surface area (Å²) in [4.78, 5) is 12.3. The molecule has 1 aromatic rings. The Kier molecular flexibility index (Phi) is 2.56. The molecule has 0 saturated heterocycles. The molecule has 1 aliphatic carbocycles. The van der Waals surface area contributed by atoms with Crippen LogP contribution in [0.1, 0.15) is 31.2 Å². The van der Waals surface area contributed by atoms with Gasteiger partial charge in [0.2, 0.25) is 11.8 Å². The number of hydrogen-bond acceptors (Lipinski definition) is 2. The van der Waals surface area contributed by atoms with Crippen molar-refractivity contribution < 1.29 is 18.3 Å². The summed E-state index contributed by atoms with van der Waals surface area (Å²) < 4.78 is 31.9. The fourth-order valence-electron chi connectivity index (χ4n) is 3.12. The summed E-state index contributed by atoms with van der Waals surface area (Å²) in [5, 5.41) is 2.80. The highest BCUT2D eigenvalue weighted by molar-refractivity contribution is 6.07. The number of hydrogen-bond donors (Lipinski definition) is 1. The number of carbonyl (C=O) groups excluding carboxylic acids is 1. The van der Waals surface area contributed by atoms with Gasteiger partial charge in [-0.1, -0.05) is 12.1 Å². The van der Waals surface area contributed by atoms with E-state index in [1.807, 2.05) is 6.07 Å². The minimum atomic E-state index is -2.65. The smallest absolute Gasteiger partial charge is 0.248 e. The van der Waals surface area contributed by atoms with Crippen LogP contribution in [0.25, 0.3) is 0 Å². The standard InChI is InChI=1S/C14H15F2NO2/c1-19-10-4-2-3-9-11(10)17-12(18)13(9)5-7-14(15,16)8-6-13/h2-4H,5-8H2,1H3,(H,17,18). The van der Waals surface area contributed by atoms with Gasteiger partial charge in [-0.05, 0) is 24.5 Å². The Balaban J connectivity index is 2.04. The number of alkyl halides is 2. The van der Waals surface area contributed by atoms with Gasteiger partial charge < -0.3 is 10.1 Å². The van der Waals surface area contributed by atoms with Crippen LogP contribution in [0.15, 0.2) is 18.2 Å². The van der Waals surface area contributed by atoms with Gasteiger partial charge in [0.1, 0.15) is 5.75 Å². The van der Waals surface area contributed by atoms with Gasteiger partial charge in [-0.25, -0.2) is 8.78 Å². The molecule has 1 heterocycles. The molecular weight excluding hydrogens is 252 g/mol. The molecule has 1 amide bonds. The maximum atomic E-state index is 13.3. The number of methoxy groups -OCH3 is 1. The van der Waals surface area contributed by atoms with E-state index >= 15 is 0 Å². The van der Waals surface area contributed by atoms with E-state index in [2.05, 4.69) is 5.32 Å². The number of rotatable bonds is 1. The van der Waals surface area contributed by atoms with E-state index in [9.17, 15) is 13.6 Å². The van der Waals surface area contributed by atoms with Crippen LogP contribution < -0.4 is 10.1 Å². The summed E-state index contributed by atoms with van der Waals surface area (Å²) in [6.45, 7) is 0. The topological polar surface area (TPSA) is 38.3 Å². The lowest BCUT2D eigenvalue weighted by atomic mass is 9.69. The molecule has 1 spiro atoms. The van der Waals surface area contributed by atoms with E-state index < -0.39 is 11.3 Å². The normalized spacial score (nSPS) is 23.0. The molecule has 0 atom stereocenters. The number of ether oxygens (including phenoxy) is 1. The Morgan fingerprint density at radius 1 is 1.21 bits per heavy atom. The van der Waals surface area contributed by atoms with Gasteiger partial charge in [0.15, 0.2) is 0 Å². The van der Waals surface area contributed by atoms with Crippen molar-refractivity contribution in [1.29, 1.82) is 0 Å². The van der Waals surface area contributed by atoms with Gasteiger partial charge in [-0.3, -0.25) is 4.79 Å². The fourth-order valence-corrected chi connectivity index (χ4v) is 3.12. The molecular formula is C14H15F2NO2. The van der Waals surface area contributed by atoms with Crippen molar-refractivity contribution in [3.63, 3.8) is 0 Å². The molecule has 1 saturated carbocycles. The van der Waals surface area contributed by atoms with E-state index in [4.69, 9.17) is 4.74 Å². The fraction of sp³-hybridized carbons (Fsp3) is 0.500. The zero-order valence-electron chi connectivity index (χ0n) is 10.6. The SMILES string of the molecule is COc1cccc2c1NC(=O)C21CCC(F)(F)CC1. The Labute approximate surface area is 109 Å². The largest absolute Gasteiger partial charge is 0.495 e. The van der Waals surface area contributed by atoms with E-state index in [0.29, 0.717) is 11.4 Å². The maximum Gasteiger partial charge on any atom is 0.248 e. The number of benzene rings is 1. The van der Waals surface area contributed by atoms with Crippen LogP contribution in [-0.2, 0) is 10.2 Å². The van der Waals surface area contributed by atoms with Crippen molar-refractivity contribution in [1.82, 2.24) is 0 Å². The minimum absolute atomic E-state index is 0.178. The van der Waals surface area contributed by atoms with E-state index in [0.717, 1.165) is 5.56 Å². The third kappa shape index (κ3) is 1.71. The molecule has 3 rings (SSSR count). The lowest BCUT2D eigenvalue weighted by Gasteiger charge is -2.35. The number of halogens is 2. The summed E-state index contributed by atoms with van der Waals surface area (Å²) in [5.74, 6) is -2.24. The second kappa shape index (κ2) is 3.92. The third-order valence-corrected chi connectivity index (χ3v) is 4.27. The third-order valence-electron chi connectivity index (χ3n) is 4.27. The first-order valence-corrected chi connectivity index (χ1v) is 6.35. The van der Waals surface area contributed by atoms with Crippen molar-refractivity contribution in [2.75, 3.05) is 12.4 Å². The summed E-state index contributed by atoms with van der Waals surface area (Å²) >= 11 is 0. The predicted octanol–water partition coefficient (Wildman–Crippen LogP) is 3.09. The first-order valence-electron chi connectivity index (χ1n) is 6.35. The Bertz CT molecular complexity index is 532. The predicted molar refractivity (Wildman–Crippen MR) is 66.7 cm³/mol. The zero-order chi connectivity index (χ0) is 13.7. The van der Waals surface area contributed by atoms with Gasteiger partial charge in [-0.2, -0.15) is 0 Å². The van der Waals surface area contributed by atoms with Crippen molar-refractivity contribution in [2.45, 2.75) is 37.0 Å². The quantitative estimate of drug-likeness (QED) is 0.849. The molecule has 1 aromatic carbocycles. The highest BCUT2D eigenvalue weighted by atomic mass is 19.3. The van der Waals surface area contributed by atoms with Gasteiger partial charge in [-0.15, -0.1) is 0 Å². The van der Waals surface area contributed by atoms with E-state index in [1.54, 1.807) is 12.1 Å². The molecule has 1 aliphatic heterocycles. The van der Waals surface area contributed by atoms with Crippen LogP contribution in [-0.4, -0.2) is 18.9 Å². The Hall–Kier alpha value is -1.65.